The highest BCUT2D eigenvalue weighted by Gasteiger charge is 2.57. The molecule has 94 valence electrons. The number of hydrogen-bond acceptors (Lipinski definition) is 5. The average Bonchev–Trinajstić information content (AvgIpc) is 1.77. The Kier molecular flexibility index (Phi) is 3.35. The molecular weight excluding hydrogens is 282 g/mol. The standard InChI is InChI=1S/C2F6O5S2.H/c3-1(4,5)14(9,10)13-15(11,12)2(6,7)8;/q;-1. The molecule has 0 N–H and O–H groups in total. The molecule has 0 aromatic heterocycles. The minimum Gasteiger partial charge on any atom is -1.00 e. The average molecular weight is 283 g/mol. The number of rotatable bonds is 2. The first-order chi connectivity index (χ1) is 6.21. The summed E-state index contributed by atoms with van der Waals surface area (Å²) >= 11 is 0. The first-order valence-electron chi connectivity index (χ1n) is 2.54. The SMILES string of the molecule is O=S(=O)(OS(=O)(=O)C(F)(F)F)C(F)(F)F.[H-]. The van der Waals surface area contributed by atoms with Crippen LogP contribution in [0.3, 0.4) is 0 Å². The van der Waals surface area contributed by atoms with Gasteiger partial charge in [-0.25, -0.2) is 0 Å². The van der Waals surface area contributed by atoms with Crippen molar-refractivity contribution in [3.63, 3.8) is 0 Å². The van der Waals surface area contributed by atoms with Gasteiger partial charge in [0.15, 0.2) is 0 Å². The van der Waals surface area contributed by atoms with E-state index in [4.69, 9.17) is 0 Å². The molecule has 0 aliphatic heterocycles. The molecule has 0 bridgehead atoms. The van der Waals surface area contributed by atoms with Crippen LogP contribution in [0.5, 0.6) is 0 Å². The fourth-order valence-corrected chi connectivity index (χ4v) is 1.76. The summed E-state index contributed by atoms with van der Waals surface area (Å²) in [5.74, 6) is 0. The van der Waals surface area contributed by atoms with Crippen LogP contribution < -0.4 is 0 Å². The molecule has 0 atom stereocenters. The molecule has 0 rings (SSSR count). The number of alkyl halides is 6. The van der Waals surface area contributed by atoms with Gasteiger partial charge in [-0.15, -0.1) is 3.63 Å². The second kappa shape index (κ2) is 3.48. The van der Waals surface area contributed by atoms with Crippen LogP contribution in [-0.4, -0.2) is 27.9 Å². The molecule has 13 heteroatoms. The molecule has 5 nitrogen and oxygen atoms in total. The fraction of sp³-hybridized carbons (Fsp3) is 1.00. The molecule has 0 aromatic rings. The largest absolute Gasteiger partial charge is 1.00 e. The van der Waals surface area contributed by atoms with Crippen LogP contribution in [-0.2, 0) is 23.9 Å². The molecule has 0 aliphatic carbocycles. The Balaban J connectivity index is 0. The zero-order valence-electron chi connectivity index (χ0n) is 7.13. The third-order valence-electron chi connectivity index (χ3n) is 0.746. The lowest BCUT2D eigenvalue weighted by molar-refractivity contribution is -0.0585. The van der Waals surface area contributed by atoms with E-state index in [2.05, 4.69) is 0 Å². The summed E-state index contributed by atoms with van der Waals surface area (Å²) in [5, 5.41) is 0. The second-order valence-electron chi connectivity index (χ2n) is 1.87. The van der Waals surface area contributed by atoms with E-state index in [0.717, 1.165) is 0 Å². The Morgan fingerprint density at radius 3 is 1.07 bits per heavy atom. The van der Waals surface area contributed by atoms with Crippen molar-refractivity contribution < 1.29 is 48.2 Å². The maximum absolute atomic E-state index is 11.4. The quantitative estimate of drug-likeness (QED) is 0.553. The summed E-state index contributed by atoms with van der Waals surface area (Å²) < 4.78 is 110. The molecule has 0 saturated carbocycles. The van der Waals surface area contributed by atoms with Gasteiger partial charge in [0.2, 0.25) is 0 Å². The molecule has 0 aliphatic rings. The molecule has 0 saturated heterocycles. The van der Waals surface area contributed by atoms with Crippen molar-refractivity contribution in [2.24, 2.45) is 0 Å². The van der Waals surface area contributed by atoms with Gasteiger partial charge in [-0.3, -0.25) is 0 Å². The van der Waals surface area contributed by atoms with Crippen LogP contribution in [0.2, 0.25) is 0 Å². The van der Waals surface area contributed by atoms with Gasteiger partial charge in [0, 0.05) is 0 Å². The van der Waals surface area contributed by atoms with Gasteiger partial charge in [0.25, 0.3) is 0 Å². The molecule has 0 unspecified atom stereocenters. The highest BCUT2D eigenvalue weighted by atomic mass is 32.3. The van der Waals surface area contributed by atoms with E-state index in [-0.39, 0.29) is 1.43 Å². The predicted octanol–water partition coefficient (Wildman–Crippen LogP) is 0.815. The van der Waals surface area contributed by atoms with Crippen molar-refractivity contribution in [3.05, 3.63) is 0 Å². The maximum atomic E-state index is 11.4. The third kappa shape index (κ3) is 3.20. The van der Waals surface area contributed by atoms with E-state index in [9.17, 15) is 43.2 Å². The lowest BCUT2D eigenvalue weighted by Crippen LogP contribution is -2.34. The fourth-order valence-electron chi connectivity index (χ4n) is 0.195. The number of halogens is 6. The molecule has 0 spiro atoms. The zero-order chi connectivity index (χ0) is 12.7. The van der Waals surface area contributed by atoms with Gasteiger partial charge < -0.3 is 1.43 Å². The molecule has 0 heterocycles. The van der Waals surface area contributed by atoms with Crippen molar-refractivity contribution in [1.29, 1.82) is 0 Å². The van der Waals surface area contributed by atoms with Gasteiger partial charge in [-0.05, 0) is 0 Å². The Labute approximate surface area is 80.4 Å². The van der Waals surface area contributed by atoms with Crippen LogP contribution in [0.1, 0.15) is 1.43 Å². The normalized spacial score (nSPS) is 15.3. The maximum Gasteiger partial charge on any atom is 0.524 e. The topological polar surface area (TPSA) is 77.5 Å². The summed E-state index contributed by atoms with van der Waals surface area (Å²) in [7, 11) is -13.7. The highest BCUT2D eigenvalue weighted by molar-refractivity contribution is 8.00. The molecular formula is C2HF6O5S2-. The molecule has 0 fully saturated rings. The lowest BCUT2D eigenvalue weighted by atomic mass is 11.6. The summed E-state index contributed by atoms with van der Waals surface area (Å²) in [6.07, 6.45) is 0. The van der Waals surface area contributed by atoms with E-state index in [1.54, 1.807) is 0 Å². The minimum absolute atomic E-state index is 0. The van der Waals surface area contributed by atoms with Crippen molar-refractivity contribution in [2.45, 2.75) is 11.0 Å². The minimum atomic E-state index is -6.85. The first-order valence-corrected chi connectivity index (χ1v) is 5.36. The van der Waals surface area contributed by atoms with Crippen molar-refractivity contribution in [3.8, 4) is 0 Å². The Bertz CT molecular complexity index is 387. The van der Waals surface area contributed by atoms with Crippen LogP contribution in [0.15, 0.2) is 0 Å². The molecule has 0 aromatic carbocycles. The molecule has 15 heavy (non-hydrogen) atoms. The van der Waals surface area contributed by atoms with Crippen LogP contribution in [0, 0.1) is 0 Å². The Hall–Kier alpha value is -0.560. The van der Waals surface area contributed by atoms with Crippen molar-refractivity contribution >= 4 is 20.2 Å². The lowest BCUT2D eigenvalue weighted by Gasteiger charge is -2.09. The molecule has 0 radical (unpaired) electrons. The Morgan fingerprint density at radius 1 is 0.733 bits per heavy atom. The van der Waals surface area contributed by atoms with Crippen LogP contribution >= 0.6 is 0 Å². The highest BCUT2D eigenvalue weighted by Crippen LogP contribution is 2.31. The molecule has 0 amide bonds. The Morgan fingerprint density at radius 2 is 0.933 bits per heavy atom. The van der Waals surface area contributed by atoms with Crippen LogP contribution in [0.25, 0.3) is 0 Å². The third-order valence-corrected chi connectivity index (χ3v) is 3.31. The zero-order valence-corrected chi connectivity index (χ0v) is 7.76. The van der Waals surface area contributed by atoms with Gasteiger partial charge in [-0.1, -0.05) is 0 Å². The van der Waals surface area contributed by atoms with Gasteiger partial charge >= 0.3 is 31.3 Å². The summed E-state index contributed by atoms with van der Waals surface area (Å²) in [5.41, 5.74) is -12.5. The predicted molar refractivity (Wildman–Crippen MR) is 32.1 cm³/mol. The van der Waals surface area contributed by atoms with E-state index in [1.807, 2.05) is 3.63 Å². The van der Waals surface area contributed by atoms with E-state index in [0.29, 0.717) is 0 Å². The summed E-state index contributed by atoms with van der Waals surface area (Å²) in [6.45, 7) is 0. The number of hydrogen-bond donors (Lipinski definition) is 0. The van der Waals surface area contributed by atoms with Crippen molar-refractivity contribution in [2.75, 3.05) is 0 Å². The van der Waals surface area contributed by atoms with E-state index in [1.165, 1.54) is 0 Å². The second-order valence-corrected chi connectivity index (χ2v) is 5.15. The smallest absolute Gasteiger partial charge is 0.524 e. The van der Waals surface area contributed by atoms with Gasteiger partial charge in [-0.2, -0.15) is 43.2 Å². The monoisotopic (exact) mass is 283 g/mol. The van der Waals surface area contributed by atoms with Crippen molar-refractivity contribution in [1.82, 2.24) is 0 Å². The van der Waals surface area contributed by atoms with E-state index >= 15 is 0 Å². The summed E-state index contributed by atoms with van der Waals surface area (Å²) in [4.78, 5) is 0. The first kappa shape index (κ1) is 14.4. The van der Waals surface area contributed by atoms with Gasteiger partial charge in [0.1, 0.15) is 0 Å². The summed E-state index contributed by atoms with van der Waals surface area (Å²) in [6, 6.07) is 0. The van der Waals surface area contributed by atoms with E-state index < -0.39 is 31.3 Å². The van der Waals surface area contributed by atoms with Crippen LogP contribution in [0.4, 0.5) is 26.3 Å². The van der Waals surface area contributed by atoms with Gasteiger partial charge in [0.05, 0.1) is 0 Å².